The van der Waals surface area contributed by atoms with E-state index in [2.05, 4.69) is 14.8 Å². The monoisotopic (exact) mass is 468 g/mol. The van der Waals surface area contributed by atoms with Crippen LogP contribution in [-0.2, 0) is 14.8 Å². The first kappa shape index (κ1) is 22.7. The maximum atomic E-state index is 12.8. The maximum absolute atomic E-state index is 12.8. The van der Waals surface area contributed by atoms with Gasteiger partial charge in [-0.25, -0.2) is 13.1 Å². The van der Waals surface area contributed by atoms with Crippen LogP contribution in [0, 0.1) is 0 Å². The van der Waals surface area contributed by atoms with Crippen LogP contribution >= 0.6 is 11.3 Å². The highest BCUT2D eigenvalue weighted by atomic mass is 32.2. The van der Waals surface area contributed by atoms with E-state index in [1.165, 1.54) is 31.4 Å². The Balaban J connectivity index is 1.77. The van der Waals surface area contributed by atoms with Crippen LogP contribution in [0.2, 0.25) is 0 Å². The minimum absolute atomic E-state index is 0.0726. The largest absolute Gasteiger partial charge is 0.497 e. The second kappa shape index (κ2) is 9.86. The van der Waals surface area contributed by atoms with Gasteiger partial charge in [-0.3, -0.25) is 4.79 Å². The molecule has 3 rings (SSSR count). The van der Waals surface area contributed by atoms with Crippen LogP contribution in [-0.4, -0.2) is 34.6 Å². The van der Waals surface area contributed by atoms with E-state index in [-0.39, 0.29) is 15.6 Å². The van der Waals surface area contributed by atoms with E-state index in [1.807, 2.05) is 0 Å². The van der Waals surface area contributed by atoms with Crippen LogP contribution in [0.3, 0.4) is 0 Å². The molecule has 0 aliphatic carbocycles. The van der Waals surface area contributed by atoms with Gasteiger partial charge in [0, 0.05) is 11.3 Å². The van der Waals surface area contributed by atoms with E-state index in [0.29, 0.717) is 16.9 Å². The van der Waals surface area contributed by atoms with Crippen molar-refractivity contribution in [2.24, 2.45) is 0 Å². The summed E-state index contributed by atoms with van der Waals surface area (Å²) >= 11 is 1.03. The molecule has 1 aromatic heterocycles. The lowest BCUT2D eigenvalue weighted by Crippen LogP contribution is -2.32. The van der Waals surface area contributed by atoms with Crippen LogP contribution in [0.25, 0.3) is 11.1 Å². The number of anilines is 1. The third kappa shape index (κ3) is 6.00. The number of carbonyl (C=O) groups is 1. The van der Waals surface area contributed by atoms with Crippen LogP contribution < -0.4 is 19.5 Å². The first-order valence-corrected chi connectivity index (χ1v) is 11.2. The first-order valence-electron chi connectivity index (χ1n) is 8.85. The molecule has 3 aromatic rings. The molecule has 2 aromatic carbocycles. The fourth-order valence-electron chi connectivity index (χ4n) is 2.66. The summed E-state index contributed by atoms with van der Waals surface area (Å²) in [6, 6.07) is 13.8. The van der Waals surface area contributed by atoms with E-state index >= 15 is 0 Å². The third-order valence-electron chi connectivity index (χ3n) is 4.06. The number of sulfonamides is 1. The first-order chi connectivity index (χ1) is 14.8. The zero-order valence-corrected chi connectivity index (χ0v) is 17.8. The van der Waals surface area contributed by atoms with Gasteiger partial charge in [0.2, 0.25) is 5.91 Å². The lowest BCUT2D eigenvalue weighted by atomic mass is 10.0. The van der Waals surface area contributed by atoms with E-state index in [1.54, 1.807) is 35.7 Å². The van der Waals surface area contributed by atoms with Gasteiger partial charge in [0.05, 0.1) is 13.7 Å². The summed E-state index contributed by atoms with van der Waals surface area (Å²) < 4.78 is 61.8. The molecule has 1 heterocycles. The van der Waals surface area contributed by atoms with Crippen LogP contribution in [0.15, 0.2) is 64.2 Å². The molecule has 0 aliphatic rings. The van der Waals surface area contributed by atoms with Crippen molar-refractivity contribution in [3.63, 3.8) is 0 Å². The number of methoxy groups -OCH3 is 1. The molecular weight excluding hydrogens is 450 g/mol. The molecule has 1 amide bonds. The molecule has 0 aliphatic heterocycles. The number of thiophene rings is 1. The molecule has 2 N–H and O–H groups in total. The zero-order chi connectivity index (χ0) is 22.4. The number of benzene rings is 2. The summed E-state index contributed by atoms with van der Waals surface area (Å²) in [5.41, 5.74) is 1.17. The van der Waals surface area contributed by atoms with Gasteiger partial charge in [-0.05, 0) is 47.3 Å². The van der Waals surface area contributed by atoms with Crippen molar-refractivity contribution >= 4 is 33.0 Å². The Kier molecular flexibility index (Phi) is 7.21. The van der Waals surface area contributed by atoms with E-state index in [0.717, 1.165) is 11.3 Å². The Morgan fingerprint density at radius 2 is 1.87 bits per heavy atom. The number of rotatable bonds is 9. The van der Waals surface area contributed by atoms with Gasteiger partial charge in [0.15, 0.2) is 0 Å². The molecule has 31 heavy (non-hydrogen) atoms. The Hall–Kier alpha value is -3.02. The van der Waals surface area contributed by atoms with Gasteiger partial charge in [-0.2, -0.15) is 8.78 Å². The standard InChI is InChI=1S/C20H18F2N2O5S2/c1-28-15-7-4-13(5-8-15)16-11-14(6-9-17(16)29-20(21)22)24-18(25)12-23-31(26,27)19-3-2-10-30-19/h2-11,20,23H,12H2,1H3,(H,24,25). The van der Waals surface area contributed by atoms with Crippen molar-refractivity contribution in [1.82, 2.24) is 4.72 Å². The summed E-state index contributed by atoms with van der Waals surface area (Å²) in [7, 11) is -2.29. The summed E-state index contributed by atoms with van der Waals surface area (Å²) in [5.74, 6) is -0.109. The minimum Gasteiger partial charge on any atom is -0.497 e. The molecule has 0 radical (unpaired) electrons. The van der Waals surface area contributed by atoms with Crippen molar-refractivity contribution in [3.05, 3.63) is 60.0 Å². The molecule has 0 spiro atoms. The lowest BCUT2D eigenvalue weighted by molar-refractivity contribution is -0.115. The Morgan fingerprint density at radius 3 is 2.48 bits per heavy atom. The molecule has 0 bridgehead atoms. The molecule has 11 heteroatoms. The smallest absolute Gasteiger partial charge is 0.387 e. The van der Waals surface area contributed by atoms with E-state index < -0.39 is 29.1 Å². The highest BCUT2D eigenvalue weighted by molar-refractivity contribution is 7.91. The molecule has 7 nitrogen and oxygen atoms in total. The Labute approximate surface area is 181 Å². The fraction of sp³-hybridized carbons (Fsp3) is 0.150. The van der Waals surface area contributed by atoms with Crippen molar-refractivity contribution < 1.29 is 31.5 Å². The third-order valence-corrected chi connectivity index (χ3v) is 6.86. The second-order valence-electron chi connectivity index (χ2n) is 6.12. The summed E-state index contributed by atoms with van der Waals surface area (Å²) in [6.07, 6.45) is 0. The predicted molar refractivity (Wildman–Crippen MR) is 113 cm³/mol. The van der Waals surface area contributed by atoms with Gasteiger partial charge in [0.1, 0.15) is 15.7 Å². The summed E-state index contributed by atoms with van der Waals surface area (Å²) in [5, 5.41) is 4.15. The number of halogens is 2. The normalized spacial score (nSPS) is 11.4. The van der Waals surface area contributed by atoms with Gasteiger partial charge in [-0.1, -0.05) is 18.2 Å². The molecule has 164 valence electrons. The van der Waals surface area contributed by atoms with Crippen LogP contribution in [0.1, 0.15) is 0 Å². The maximum Gasteiger partial charge on any atom is 0.387 e. The molecule has 0 saturated carbocycles. The number of amides is 1. The zero-order valence-electron chi connectivity index (χ0n) is 16.2. The SMILES string of the molecule is COc1ccc(-c2cc(NC(=O)CNS(=O)(=O)c3cccs3)ccc2OC(F)F)cc1. The number of hydrogen-bond acceptors (Lipinski definition) is 6. The number of alkyl halides is 2. The lowest BCUT2D eigenvalue weighted by Gasteiger charge is -2.14. The number of hydrogen-bond donors (Lipinski definition) is 2. The number of nitrogens with one attached hydrogen (secondary N) is 2. The van der Waals surface area contributed by atoms with Gasteiger partial charge >= 0.3 is 6.61 Å². The van der Waals surface area contributed by atoms with Gasteiger partial charge < -0.3 is 14.8 Å². The highest BCUT2D eigenvalue weighted by Gasteiger charge is 2.17. The van der Waals surface area contributed by atoms with Crippen molar-refractivity contribution in [2.45, 2.75) is 10.8 Å². The Morgan fingerprint density at radius 1 is 1.13 bits per heavy atom. The molecule has 0 unspecified atom stereocenters. The van der Waals surface area contributed by atoms with E-state index in [4.69, 9.17) is 4.74 Å². The molecule has 0 atom stereocenters. The summed E-state index contributed by atoms with van der Waals surface area (Å²) in [6.45, 7) is -3.52. The van der Waals surface area contributed by atoms with Gasteiger partial charge in [0.25, 0.3) is 10.0 Å². The molecular formula is C20H18F2N2O5S2. The van der Waals surface area contributed by atoms with Crippen LogP contribution in [0.4, 0.5) is 14.5 Å². The van der Waals surface area contributed by atoms with Crippen LogP contribution in [0.5, 0.6) is 11.5 Å². The quantitative estimate of drug-likeness (QED) is 0.496. The highest BCUT2D eigenvalue weighted by Crippen LogP contribution is 2.34. The second-order valence-corrected chi connectivity index (χ2v) is 9.06. The average Bonchev–Trinajstić information content (AvgIpc) is 3.29. The van der Waals surface area contributed by atoms with Gasteiger partial charge in [-0.15, -0.1) is 11.3 Å². The van der Waals surface area contributed by atoms with Crippen molar-refractivity contribution in [1.29, 1.82) is 0 Å². The summed E-state index contributed by atoms with van der Waals surface area (Å²) in [4.78, 5) is 12.2. The van der Waals surface area contributed by atoms with E-state index in [9.17, 15) is 22.0 Å². The molecule has 0 saturated heterocycles. The molecule has 0 fully saturated rings. The van der Waals surface area contributed by atoms with Crippen molar-refractivity contribution in [2.75, 3.05) is 19.0 Å². The topological polar surface area (TPSA) is 93.7 Å². The minimum atomic E-state index is -3.79. The Bertz CT molecular complexity index is 1130. The number of ether oxygens (including phenoxy) is 2. The average molecular weight is 469 g/mol. The fourth-order valence-corrected chi connectivity index (χ4v) is 4.68. The number of carbonyl (C=O) groups excluding carboxylic acids is 1. The predicted octanol–water partition coefficient (Wildman–Crippen LogP) is 3.94. The van der Waals surface area contributed by atoms with Crippen molar-refractivity contribution in [3.8, 4) is 22.6 Å².